The van der Waals surface area contributed by atoms with Crippen molar-refractivity contribution in [3.05, 3.63) is 17.1 Å². The molecule has 5 nitrogen and oxygen atoms in total. The van der Waals surface area contributed by atoms with Crippen molar-refractivity contribution in [2.75, 3.05) is 31.2 Å². The smallest absolute Gasteiger partial charge is 0.430 e. The molecule has 114 valence electrons. The zero-order chi connectivity index (χ0) is 15.1. The molecule has 1 saturated heterocycles. The molecule has 0 radical (unpaired) electrons. The van der Waals surface area contributed by atoms with Gasteiger partial charge in [0.25, 0.3) is 0 Å². The van der Waals surface area contributed by atoms with Gasteiger partial charge in [-0.15, -0.1) is 0 Å². The van der Waals surface area contributed by atoms with Crippen LogP contribution in [0.2, 0.25) is 0 Å². The Balaban J connectivity index is 2.30. The van der Waals surface area contributed by atoms with E-state index in [4.69, 9.17) is 9.47 Å². The summed E-state index contributed by atoms with van der Waals surface area (Å²) >= 11 is 0. The lowest BCUT2D eigenvalue weighted by molar-refractivity contribution is 0.309. The van der Waals surface area contributed by atoms with Crippen LogP contribution in [-0.4, -0.2) is 26.3 Å². The van der Waals surface area contributed by atoms with Crippen LogP contribution >= 0.6 is 0 Å². The molecule has 21 heavy (non-hydrogen) atoms. The molecule has 1 fully saturated rings. The average molecular weight is 290 g/mol. The first-order valence-corrected chi connectivity index (χ1v) is 7.83. The van der Waals surface area contributed by atoms with E-state index in [1.54, 1.807) is 6.07 Å². The van der Waals surface area contributed by atoms with Crippen LogP contribution < -0.4 is 14.4 Å². The van der Waals surface area contributed by atoms with Crippen molar-refractivity contribution in [2.45, 2.75) is 39.5 Å². The van der Waals surface area contributed by atoms with E-state index < -0.39 is 0 Å². The fourth-order valence-corrected chi connectivity index (χ4v) is 2.53. The maximum absolute atomic E-state index is 9.20. The van der Waals surface area contributed by atoms with Gasteiger partial charge >= 0.3 is 5.69 Å². The summed E-state index contributed by atoms with van der Waals surface area (Å²) in [6, 6.07) is 3.71. The molecular weight excluding hydrogens is 266 g/mol. The lowest BCUT2D eigenvalue weighted by Crippen LogP contribution is -2.18. The van der Waals surface area contributed by atoms with Crippen LogP contribution in [0.5, 0.6) is 11.5 Å². The van der Waals surface area contributed by atoms with Crippen molar-refractivity contribution < 1.29 is 9.47 Å². The summed E-state index contributed by atoms with van der Waals surface area (Å²) in [6.07, 6.45) is 4.45. The highest BCUT2D eigenvalue weighted by molar-refractivity contribution is 5.72. The van der Waals surface area contributed by atoms with E-state index in [0.29, 0.717) is 24.7 Å². The van der Waals surface area contributed by atoms with Crippen molar-refractivity contribution in [3.63, 3.8) is 0 Å². The first-order chi connectivity index (χ1) is 10.3. The number of benzene rings is 1. The Labute approximate surface area is 126 Å². The zero-order valence-electron chi connectivity index (χ0n) is 13.0. The van der Waals surface area contributed by atoms with Crippen molar-refractivity contribution >= 4 is 11.4 Å². The third-order valence-electron chi connectivity index (χ3n) is 3.65. The Morgan fingerprint density at radius 3 is 2.52 bits per heavy atom. The SMILES string of the molecule is CCCCOc1cc(N2CCCC2)c(OCC)cc1[N+]#N. The third-order valence-corrected chi connectivity index (χ3v) is 3.65. The summed E-state index contributed by atoms with van der Waals surface area (Å²) in [5.74, 6) is 1.38. The second-order valence-electron chi connectivity index (χ2n) is 5.22. The molecule has 0 atom stereocenters. The van der Waals surface area contributed by atoms with Crippen LogP contribution in [0.3, 0.4) is 0 Å². The Hall–Kier alpha value is -1.96. The van der Waals surface area contributed by atoms with Crippen LogP contribution in [-0.2, 0) is 0 Å². The van der Waals surface area contributed by atoms with Gasteiger partial charge in [-0.2, -0.15) is 0 Å². The molecule has 0 spiro atoms. The number of diazo groups is 1. The summed E-state index contributed by atoms with van der Waals surface area (Å²) in [4.78, 5) is 5.64. The topological polar surface area (TPSA) is 49.9 Å². The number of rotatable bonds is 7. The average Bonchev–Trinajstić information content (AvgIpc) is 3.02. The van der Waals surface area contributed by atoms with Gasteiger partial charge in [-0.3, -0.25) is 0 Å². The second kappa shape index (κ2) is 7.72. The molecule has 0 amide bonds. The number of nitrogens with zero attached hydrogens (tertiary/aromatic N) is 3. The lowest BCUT2D eigenvalue weighted by atomic mass is 10.2. The van der Waals surface area contributed by atoms with Gasteiger partial charge in [-0.05, 0) is 26.2 Å². The molecule has 1 aromatic rings. The van der Waals surface area contributed by atoms with E-state index in [2.05, 4.69) is 16.8 Å². The number of ether oxygens (including phenoxy) is 2. The van der Waals surface area contributed by atoms with Crippen LogP contribution in [0.15, 0.2) is 12.1 Å². The molecule has 0 N–H and O–H groups in total. The van der Waals surface area contributed by atoms with Crippen molar-refractivity contribution in [1.82, 2.24) is 0 Å². The van der Waals surface area contributed by atoms with E-state index in [-0.39, 0.29) is 0 Å². The van der Waals surface area contributed by atoms with Gasteiger partial charge < -0.3 is 14.4 Å². The molecule has 0 unspecified atom stereocenters. The second-order valence-corrected chi connectivity index (χ2v) is 5.22. The van der Waals surface area contributed by atoms with Gasteiger partial charge in [0.2, 0.25) is 11.1 Å². The molecular formula is C16H24N3O2+. The number of hydrogen-bond donors (Lipinski definition) is 0. The molecule has 1 aromatic carbocycles. The van der Waals surface area contributed by atoms with Crippen LogP contribution in [0.4, 0.5) is 11.4 Å². The normalized spacial score (nSPS) is 14.0. The number of unbranched alkanes of at least 4 members (excludes halogenated alkanes) is 1. The zero-order valence-corrected chi connectivity index (χ0v) is 13.0. The fraction of sp³-hybridized carbons (Fsp3) is 0.625. The van der Waals surface area contributed by atoms with E-state index in [1.807, 2.05) is 13.0 Å². The summed E-state index contributed by atoms with van der Waals surface area (Å²) in [7, 11) is 0. The van der Waals surface area contributed by atoms with E-state index in [1.165, 1.54) is 12.8 Å². The van der Waals surface area contributed by atoms with E-state index in [0.717, 1.165) is 37.4 Å². The molecule has 0 saturated carbocycles. The van der Waals surface area contributed by atoms with Crippen LogP contribution in [0, 0.1) is 5.39 Å². The Bertz CT molecular complexity index is 505. The lowest BCUT2D eigenvalue weighted by Gasteiger charge is -2.21. The maximum atomic E-state index is 9.20. The molecule has 0 aliphatic carbocycles. The summed E-state index contributed by atoms with van der Waals surface area (Å²) < 4.78 is 11.5. The molecule has 5 heteroatoms. The minimum absolute atomic E-state index is 0.428. The fourth-order valence-electron chi connectivity index (χ4n) is 2.53. The van der Waals surface area contributed by atoms with Gasteiger partial charge in [0.15, 0.2) is 10.7 Å². The van der Waals surface area contributed by atoms with Gasteiger partial charge in [0.1, 0.15) is 0 Å². The van der Waals surface area contributed by atoms with Crippen molar-refractivity contribution in [2.24, 2.45) is 0 Å². The predicted octanol–water partition coefficient (Wildman–Crippen LogP) is 4.35. The molecule has 1 heterocycles. The third kappa shape index (κ3) is 3.78. The minimum atomic E-state index is 0.428. The van der Waals surface area contributed by atoms with Gasteiger partial charge in [-0.25, -0.2) is 0 Å². The minimum Gasteiger partial charge on any atom is -0.491 e. The Kier molecular flexibility index (Phi) is 5.68. The molecule has 0 aromatic heterocycles. The van der Waals surface area contributed by atoms with Crippen LogP contribution in [0.25, 0.3) is 4.98 Å². The van der Waals surface area contributed by atoms with E-state index in [9.17, 15) is 5.39 Å². The highest BCUT2D eigenvalue weighted by atomic mass is 16.5. The summed E-state index contributed by atoms with van der Waals surface area (Å²) in [6.45, 7) is 7.35. The monoisotopic (exact) mass is 290 g/mol. The molecule has 1 aliphatic heterocycles. The molecule has 0 bridgehead atoms. The first-order valence-electron chi connectivity index (χ1n) is 7.83. The van der Waals surface area contributed by atoms with E-state index >= 15 is 0 Å². The summed E-state index contributed by atoms with van der Waals surface area (Å²) in [5, 5.41) is 9.20. The van der Waals surface area contributed by atoms with Gasteiger partial charge in [0.05, 0.1) is 25.0 Å². The number of anilines is 1. The van der Waals surface area contributed by atoms with Crippen molar-refractivity contribution in [3.8, 4) is 11.5 Å². The predicted molar refractivity (Wildman–Crippen MR) is 84.2 cm³/mol. The Morgan fingerprint density at radius 1 is 1.14 bits per heavy atom. The first kappa shape index (κ1) is 15.4. The van der Waals surface area contributed by atoms with Crippen molar-refractivity contribution in [1.29, 1.82) is 5.39 Å². The summed E-state index contributed by atoms with van der Waals surface area (Å²) in [5.41, 5.74) is 1.46. The van der Waals surface area contributed by atoms with Gasteiger partial charge in [0, 0.05) is 19.2 Å². The quantitative estimate of drug-likeness (QED) is 0.553. The Morgan fingerprint density at radius 2 is 1.90 bits per heavy atom. The molecule has 2 rings (SSSR count). The molecule has 1 aliphatic rings. The standard InChI is InChI=1S/C16H24N3O2/c1-3-5-10-21-15-12-14(19-8-6-7-9-19)16(20-4-2)11-13(15)18-17/h11-12H,3-10H2,1-2H3/q+1. The highest BCUT2D eigenvalue weighted by Crippen LogP contribution is 2.41. The van der Waals surface area contributed by atoms with Gasteiger partial charge in [-0.1, -0.05) is 13.3 Å². The largest absolute Gasteiger partial charge is 0.491 e. The van der Waals surface area contributed by atoms with Crippen LogP contribution in [0.1, 0.15) is 39.5 Å². The number of hydrogen-bond acceptors (Lipinski definition) is 4. The highest BCUT2D eigenvalue weighted by Gasteiger charge is 2.25. The maximum Gasteiger partial charge on any atom is 0.430 e.